The highest BCUT2D eigenvalue weighted by Crippen LogP contribution is 2.29. The van der Waals surface area contributed by atoms with E-state index in [1.54, 1.807) is 0 Å². The molecule has 0 aliphatic rings. The molecule has 3 heteroatoms. The minimum atomic E-state index is 0.470. The fraction of sp³-hybridized carbons (Fsp3) is 0.294. The van der Waals surface area contributed by atoms with Gasteiger partial charge in [0.25, 0.3) is 0 Å². The number of halogens is 1. The van der Waals surface area contributed by atoms with E-state index in [1.165, 1.54) is 5.56 Å². The molecule has 0 spiro atoms. The van der Waals surface area contributed by atoms with Crippen LogP contribution in [0.5, 0.6) is 11.5 Å². The number of hydrogen-bond donors (Lipinski definition) is 0. The number of benzene rings is 2. The van der Waals surface area contributed by atoms with Crippen LogP contribution in [0.15, 0.2) is 42.5 Å². The van der Waals surface area contributed by atoms with Crippen LogP contribution in [0.3, 0.4) is 0 Å². The van der Waals surface area contributed by atoms with Gasteiger partial charge in [-0.25, -0.2) is 0 Å². The Labute approximate surface area is 125 Å². The minimum Gasteiger partial charge on any atom is -0.490 e. The number of alkyl halides is 1. The lowest BCUT2D eigenvalue weighted by molar-refractivity contribution is 0.269. The van der Waals surface area contributed by atoms with Gasteiger partial charge in [-0.2, -0.15) is 0 Å². The second-order valence-corrected chi connectivity index (χ2v) is 4.89. The van der Waals surface area contributed by atoms with Crippen molar-refractivity contribution in [2.75, 3.05) is 6.61 Å². The van der Waals surface area contributed by atoms with Gasteiger partial charge >= 0.3 is 0 Å². The normalized spacial score (nSPS) is 10.3. The van der Waals surface area contributed by atoms with Crippen molar-refractivity contribution in [1.29, 1.82) is 0 Å². The lowest BCUT2D eigenvalue weighted by Gasteiger charge is -2.13. The third-order valence-corrected chi connectivity index (χ3v) is 3.25. The van der Waals surface area contributed by atoms with Gasteiger partial charge in [-0.3, -0.25) is 0 Å². The van der Waals surface area contributed by atoms with Crippen molar-refractivity contribution in [3.8, 4) is 11.5 Å². The first kappa shape index (κ1) is 14.7. The molecule has 0 aliphatic carbocycles. The van der Waals surface area contributed by atoms with Gasteiger partial charge < -0.3 is 9.47 Å². The molecule has 0 radical (unpaired) electrons. The van der Waals surface area contributed by atoms with E-state index in [0.717, 1.165) is 22.6 Å². The third kappa shape index (κ3) is 3.91. The lowest BCUT2D eigenvalue weighted by atomic mass is 10.1. The Morgan fingerprint density at radius 2 is 1.80 bits per heavy atom. The topological polar surface area (TPSA) is 18.5 Å². The van der Waals surface area contributed by atoms with Gasteiger partial charge in [0.05, 0.1) is 6.61 Å². The average Bonchev–Trinajstić information content (AvgIpc) is 2.46. The van der Waals surface area contributed by atoms with Gasteiger partial charge in [0.1, 0.15) is 6.61 Å². The van der Waals surface area contributed by atoms with Crippen LogP contribution in [0.1, 0.15) is 23.6 Å². The fourth-order valence-electron chi connectivity index (χ4n) is 1.99. The standard InChI is InChI=1S/C17H19ClO2/c1-3-19-17-10-14(11-18)7-8-16(17)20-12-15-6-4-5-13(2)9-15/h4-10H,3,11-12H2,1-2H3. The SMILES string of the molecule is CCOc1cc(CCl)ccc1OCc1cccc(C)c1. The lowest BCUT2D eigenvalue weighted by Crippen LogP contribution is -2.00. The van der Waals surface area contributed by atoms with E-state index in [9.17, 15) is 0 Å². The molecule has 0 heterocycles. The summed E-state index contributed by atoms with van der Waals surface area (Å²) in [5, 5.41) is 0. The number of rotatable bonds is 6. The highest BCUT2D eigenvalue weighted by Gasteiger charge is 2.06. The van der Waals surface area contributed by atoms with Crippen LogP contribution in [-0.4, -0.2) is 6.61 Å². The Morgan fingerprint density at radius 1 is 0.950 bits per heavy atom. The second kappa shape index (κ2) is 7.20. The van der Waals surface area contributed by atoms with E-state index in [2.05, 4.69) is 25.1 Å². The van der Waals surface area contributed by atoms with Crippen LogP contribution < -0.4 is 9.47 Å². The van der Waals surface area contributed by atoms with E-state index < -0.39 is 0 Å². The van der Waals surface area contributed by atoms with E-state index in [1.807, 2.05) is 31.2 Å². The number of aryl methyl sites for hydroxylation is 1. The predicted molar refractivity (Wildman–Crippen MR) is 82.7 cm³/mol. The molecule has 0 N–H and O–H groups in total. The summed E-state index contributed by atoms with van der Waals surface area (Å²) in [7, 11) is 0. The zero-order chi connectivity index (χ0) is 14.4. The van der Waals surface area contributed by atoms with Crippen molar-refractivity contribution < 1.29 is 9.47 Å². The van der Waals surface area contributed by atoms with Crippen LogP contribution in [0.25, 0.3) is 0 Å². The Morgan fingerprint density at radius 3 is 2.50 bits per heavy atom. The predicted octanol–water partition coefficient (Wildman–Crippen LogP) is 4.71. The molecule has 2 rings (SSSR count). The van der Waals surface area contributed by atoms with Crippen LogP contribution >= 0.6 is 11.6 Å². The molecule has 20 heavy (non-hydrogen) atoms. The Bertz CT molecular complexity index is 567. The molecule has 0 saturated carbocycles. The number of ether oxygens (including phenoxy) is 2. The van der Waals surface area contributed by atoms with Crippen molar-refractivity contribution in [1.82, 2.24) is 0 Å². The third-order valence-electron chi connectivity index (χ3n) is 2.94. The largest absolute Gasteiger partial charge is 0.490 e. The minimum absolute atomic E-state index is 0.470. The van der Waals surface area contributed by atoms with Gasteiger partial charge in [0.15, 0.2) is 11.5 Å². The summed E-state index contributed by atoms with van der Waals surface area (Å²) in [4.78, 5) is 0. The summed E-state index contributed by atoms with van der Waals surface area (Å²) >= 11 is 5.85. The average molecular weight is 291 g/mol. The fourth-order valence-corrected chi connectivity index (χ4v) is 2.15. The number of hydrogen-bond acceptors (Lipinski definition) is 2. The Kier molecular flexibility index (Phi) is 5.31. The molecule has 0 fully saturated rings. The molecule has 0 atom stereocenters. The van der Waals surface area contributed by atoms with Crippen LogP contribution in [0.2, 0.25) is 0 Å². The molecular formula is C17H19ClO2. The van der Waals surface area contributed by atoms with Crippen molar-refractivity contribution in [3.63, 3.8) is 0 Å². The smallest absolute Gasteiger partial charge is 0.161 e. The molecule has 0 aromatic heterocycles. The first-order valence-corrected chi connectivity index (χ1v) is 7.26. The molecular weight excluding hydrogens is 272 g/mol. The zero-order valence-electron chi connectivity index (χ0n) is 11.9. The van der Waals surface area contributed by atoms with E-state index in [-0.39, 0.29) is 0 Å². The molecule has 2 aromatic rings. The van der Waals surface area contributed by atoms with Gasteiger partial charge in [-0.15, -0.1) is 11.6 Å². The Hall–Kier alpha value is -1.67. The van der Waals surface area contributed by atoms with Crippen molar-refractivity contribution in [3.05, 3.63) is 59.2 Å². The quantitative estimate of drug-likeness (QED) is 0.717. The highest BCUT2D eigenvalue weighted by molar-refractivity contribution is 6.17. The monoisotopic (exact) mass is 290 g/mol. The van der Waals surface area contributed by atoms with Gasteiger partial charge in [-0.05, 0) is 37.1 Å². The van der Waals surface area contributed by atoms with Gasteiger partial charge in [-0.1, -0.05) is 35.9 Å². The first-order chi connectivity index (χ1) is 9.72. The molecule has 0 aliphatic heterocycles. The summed E-state index contributed by atoms with van der Waals surface area (Å²) < 4.78 is 11.5. The summed E-state index contributed by atoms with van der Waals surface area (Å²) in [6.07, 6.45) is 0. The van der Waals surface area contributed by atoms with Gasteiger partial charge in [0.2, 0.25) is 0 Å². The molecule has 106 valence electrons. The maximum Gasteiger partial charge on any atom is 0.161 e. The molecule has 0 bridgehead atoms. The van der Waals surface area contributed by atoms with E-state index in [0.29, 0.717) is 19.1 Å². The Balaban J connectivity index is 2.12. The molecule has 2 aromatic carbocycles. The summed E-state index contributed by atoms with van der Waals surface area (Å²) in [6.45, 7) is 5.16. The first-order valence-electron chi connectivity index (χ1n) is 6.73. The summed E-state index contributed by atoms with van der Waals surface area (Å²) in [5.74, 6) is 1.97. The molecule has 0 saturated heterocycles. The highest BCUT2D eigenvalue weighted by atomic mass is 35.5. The van der Waals surface area contributed by atoms with Crippen molar-refractivity contribution in [2.24, 2.45) is 0 Å². The van der Waals surface area contributed by atoms with E-state index >= 15 is 0 Å². The molecule has 0 unspecified atom stereocenters. The second-order valence-electron chi connectivity index (χ2n) is 4.63. The summed E-state index contributed by atoms with van der Waals surface area (Å²) in [6, 6.07) is 14.1. The van der Waals surface area contributed by atoms with E-state index in [4.69, 9.17) is 21.1 Å². The maximum absolute atomic E-state index is 5.86. The van der Waals surface area contributed by atoms with Crippen LogP contribution in [0, 0.1) is 6.92 Å². The molecule has 0 amide bonds. The van der Waals surface area contributed by atoms with Crippen LogP contribution in [0.4, 0.5) is 0 Å². The summed E-state index contributed by atoms with van der Waals surface area (Å²) in [5.41, 5.74) is 3.40. The van der Waals surface area contributed by atoms with Crippen molar-refractivity contribution in [2.45, 2.75) is 26.3 Å². The molecule has 2 nitrogen and oxygen atoms in total. The maximum atomic E-state index is 5.86. The van der Waals surface area contributed by atoms with Gasteiger partial charge in [0, 0.05) is 5.88 Å². The van der Waals surface area contributed by atoms with Crippen LogP contribution in [-0.2, 0) is 12.5 Å². The van der Waals surface area contributed by atoms with Crippen molar-refractivity contribution >= 4 is 11.6 Å². The zero-order valence-corrected chi connectivity index (χ0v) is 12.6.